The molecule has 6 nitrogen and oxygen atoms in total. The molecule has 1 amide bonds. The number of thiazole rings is 1. The topological polar surface area (TPSA) is 92.4 Å². The standard InChI is InChI=1S/C17H22N2O4S/c1-5-17(6-2,9-13(20)21)19-15(22)14-11(4)18-16(24-14)12-8-7-10(3)23-12/h7-8H,5-6,9H2,1-4H3,(H,19,22)(H,20,21). The van der Waals surface area contributed by atoms with E-state index in [2.05, 4.69) is 10.3 Å². The normalized spacial score (nSPS) is 11.5. The number of nitrogens with one attached hydrogen (secondary N) is 1. The maximum atomic E-state index is 12.7. The molecule has 2 heterocycles. The molecule has 0 aliphatic carbocycles. The first kappa shape index (κ1) is 18.2. The lowest BCUT2D eigenvalue weighted by atomic mass is 9.89. The van der Waals surface area contributed by atoms with E-state index in [4.69, 9.17) is 9.52 Å². The van der Waals surface area contributed by atoms with Crippen LogP contribution in [-0.2, 0) is 4.79 Å². The van der Waals surface area contributed by atoms with E-state index in [1.807, 2.05) is 32.9 Å². The SMILES string of the molecule is CCC(CC)(CC(=O)O)NC(=O)c1sc(-c2ccc(C)o2)nc1C. The number of carbonyl (C=O) groups is 2. The molecule has 0 aromatic carbocycles. The molecule has 0 unspecified atom stereocenters. The summed E-state index contributed by atoms with van der Waals surface area (Å²) in [5.41, 5.74) is -0.140. The minimum Gasteiger partial charge on any atom is -0.481 e. The van der Waals surface area contributed by atoms with Crippen LogP contribution in [0, 0.1) is 13.8 Å². The Hall–Kier alpha value is -2.15. The van der Waals surface area contributed by atoms with E-state index in [1.165, 1.54) is 11.3 Å². The minimum absolute atomic E-state index is 0.103. The average Bonchev–Trinajstić information content (AvgIpc) is 3.11. The van der Waals surface area contributed by atoms with Crippen molar-refractivity contribution in [3.05, 3.63) is 28.5 Å². The van der Waals surface area contributed by atoms with Gasteiger partial charge in [-0.1, -0.05) is 13.8 Å². The maximum absolute atomic E-state index is 12.7. The first-order chi connectivity index (χ1) is 11.3. The molecule has 0 saturated heterocycles. The molecule has 130 valence electrons. The van der Waals surface area contributed by atoms with Gasteiger partial charge in [0, 0.05) is 0 Å². The van der Waals surface area contributed by atoms with Crippen molar-refractivity contribution in [2.24, 2.45) is 0 Å². The van der Waals surface area contributed by atoms with Crippen LogP contribution in [-0.4, -0.2) is 27.5 Å². The highest BCUT2D eigenvalue weighted by molar-refractivity contribution is 7.17. The largest absolute Gasteiger partial charge is 0.481 e. The van der Waals surface area contributed by atoms with E-state index in [-0.39, 0.29) is 12.3 Å². The van der Waals surface area contributed by atoms with Crippen LogP contribution in [0.5, 0.6) is 0 Å². The van der Waals surface area contributed by atoms with Gasteiger partial charge in [-0.15, -0.1) is 11.3 Å². The summed E-state index contributed by atoms with van der Waals surface area (Å²) in [4.78, 5) is 28.7. The van der Waals surface area contributed by atoms with Crippen LogP contribution >= 0.6 is 11.3 Å². The fourth-order valence-electron chi connectivity index (χ4n) is 2.57. The highest BCUT2D eigenvalue weighted by Gasteiger charge is 2.32. The van der Waals surface area contributed by atoms with E-state index in [9.17, 15) is 9.59 Å². The van der Waals surface area contributed by atoms with Crippen LogP contribution in [0.4, 0.5) is 0 Å². The number of carboxylic acids is 1. The molecule has 0 aliphatic rings. The molecule has 0 atom stereocenters. The van der Waals surface area contributed by atoms with Crippen molar-refractivity contribution in [2.45, 2.75) is 52.5 Å². The third kappa shape index (κ3) is 3.84. The van der Waals surface area contributed by atoms with Gasteiger partial charge in [0.2, 0.25) is 0 Å². The Morgan fingerprint density at radius 1 is 1.29 bits per heavy atom. The second-order valence-electron chi connectivity index (χ2n) is 5.86. The molecule has 7 heteroatoms. The number of aliphatic carboxylic acids is 1. The van der Waals surface area contributed by atoms with E-state index >= 15 is 0 Å². The van der Waals surface area contributed by atoms with Gasteiger partial charge in [-0.05, 0) is 38.8 Å². The summed E-state index contributed by atoms with van der Waals surface area (Å²) in [6.45, 7) is 7.37. The van der Waals surface area contributed by atoms with Crippen LogP contribution < -0.4 is 5.32 Å². The molecule has 0 fully saturated rings. The number of amides is 1. The van der Waals surface area contributed by atoms with Crippen molar-refractivity contribution in [2.75, 3.05) is 0 Å². The monoisotopic (exact) mass is 350 g/mol. The third-order valence-electron chi connectivity index (χ3n) is 4.18. The van der Waals surface area contributed by atoms with Crippen LogP contribution in [0.25, 0.3) is 10.8 Å². The second kappa shape index (κ2) is 7.17. The summed E-state index contributed by atoms with van der Waals surface area (Å²) in [6, 6.07) is 3.67. The molecule has 0 saturated carbocycles. The van der Waals surface area contributed by atoms with Gasteiger partial charge in [0.15, 0.2) is 10.8 Å². The first-order valence-electron chi connectivity index (χ1n) is 7.88. The van der Waals surface area contributed by atoms with Crippen molar-refractivity contribution < 1.29 is 19.1 Å². The van der Waals surface area contributed by atoms with Crippen molar-refractivity contribution in [1.29, 1.82) is 0 Å². The van der Waals surface area contributed by atoms with Gasteiger partial charge in [-0.3, -0.25) is 9.59 Å². The summed E-state index contributed by atoms with van der Waals surface area (Å²) in [6.07, 6.45) is 0.987. The van der Waals surface area contributed by atoms with Crippen LogP contribution in [0.2, 0.25) is 0 Å². The zero-order valence-electron chi connectivity index (χ0n) is 14.3. The fourth-order valence-corrected chi connectivity index (χ4v) is 3.49. The predicted octanol–water partition coefficient (Wildman–Crippen LogP) is 3.78. The molecule has 0 radical (unpaired) electrons. The van der Waals surface area contributed by atoms with E-state index in [1.54, 1.807) is 6.92 Å². The molecule has 0 bridgehead atoms. The van der Waals surface area contributed by atoms with E-state index in [0.717, 1.165) is 5.76 Å². The number of furan rings is 1. The van der Waals surface area contributed by atoms with Crippen LogP contribution in [0.15, 0.2) is 16.5 Å². The zero-order chi connectivity index (χ0) is 17.9. The smallest absolute Gasteiger partial charge is 0.305 e. The lowest BCUT2D eigenvalue weighted by Crippen LogP contribution is -2.49. The average molecular weight is 350 g/mol. The Kier molecular flexibility index (Phi) is 5.43. The summed E-state index contributed by atoms with van der Waals surface area (Å²) >= 11 is 1.25. The number of aryl methyl sites for hydroxylation is 2. The van der Waals surface area contributed by atoms with Gasteiger partial charge in [0.25, 0.3) is 5.91 Å². The molecular weight excluding hydrogens is 328 g/mol. The van der Waals surface area contributed by atoms with Gasteiger partial charge >= 0.3 is 5.97 Å². The Balaban J connectivity index is 2.26. The first-order valence-corrected chi connectivity index (χ1v) is 8.70. The third-order valence-corrected chi connectivity index (χ3v) is 5.35. The lowest BCUT2D eigenvalue weighted by molar-refractivity contribution is -0.138. The van der Waals surface area contributed by atoms with Gasteiger partial charge in [-0.25, -0.2) is 4.98 Å². The molecule has 0 aliphatic heterocycles. The predicted molar refractivity (Wildman–Crippen MR) is 92.3 cm³/mol. The molecule has 0 spiro atoms. The zero-order valence-corrected chi connectivity index (χ0v) is 15.1. The van der Waals surface area contributed by atoms with Crippen molar-refractivity contribution in [3.63, 3.8) is 0 Å². The highest BCUT2D eigenvalue weighted by Crippen LogP contribution is 2.30. The van der Waals surface area contributed by atoms with Crippen LogP contribution in [0.3, 0.4) is 0 Å². The number of rotatable bonds is 7. The van der Waals surface area contributed by atoms with Gasteiger partial charge < -0.3 is 14.8 Å². The fraction of sp³-hybridized carbons (Fsp3) is 0.471. The van der Waals surface area contributed by atoms with Crippen molar-refractivity contribution in [3.8, 4) is 10.8 Å². The molecule has 2 aromatic rings. The van der Waals surface area contributed by atoms with Crippen molar-refractivity contribution in [1.82, 2.24) is 10.3 Å². The van der Waals surface area contributed by atoms with Gasteiger partial charge in [-0.2, -0.15) is 0 Å². The summed E-state index contributed by atoms with van der Waals surface area (Å²) in [5.74, 6) is 0.194. The van der Waals surface area contributed by atoms with Gasteiger partial charge in [0.1, 0.15) is 10.6 Å². The summed E-state index contributed by atoms with van der Waals surface area (Å²) in [7, 11) is 0. The quantitative estimate of drug-likeness (QED) is 0.792. The molecule has 24 heavy (non-hydrogen) atoms. The molecule has 2 rings (SSSR count). The molecular formula is C17H22N2O4S. The minimum atomic E-state index is -0.924. The Morgan fingerprint density at radius 3 is 2.46 bits per heavy atom. The summed E-state index contributed by atoms with van der Waals surface area (Å²) < 4.78 is 5.55. The highest BCUT2D eigenvalue weighted by atomic mass is 32.1. The number of carbonyl (C=O) groups excluding carboxylic acids is 1. The Labute approximate surface area is 144 Å². The number of carboxylic acid groups (broad SMARTS) is 1. The Morgan fingerprint density at radius 2 is 1.96 bits per heavy atom. The number of aromatic nitrogens is 1. The number of hydrogen-bond donors (Lipinski definition) is 2. The van der Waals surface area contributed by atoms with E-state index < -0.39 is 11.5 Å². The maximum Gasteiger partial charge on any atom is 0.305 e. The molecule has 2 aromatic heterocycles. The van der Waals surface area contributed by atoms with Crippen LogP contribution in [0.1, 0.15) is 54.2 Å². The van der Waals surface area contributed by atoms with Gasteiger partial charge in [0.05, 0.1) is 17.7 Å². The Bertz CT molecular complexity index is 744. The second-order valence-corrected chi connectivity index (χ2v) is 6.85. The summed E-state index contributed by atoms with van der Waals surface area (Å²) in [5, 5.41) is 12.7. The number of nitrogens with zero attached hydrogens (tertiary/aromatic N) is 1. The number of hydrogen-bond acceptors (Lipinski definition) is 5. The lowest BCUT2D eigenvalue weighted by Gasteiger charge is -2.31. The van der Waals surface area contributed by atoms with Crippen molar-refractivity contribution >= 4 is 23.2 Å². The molecule has 2 N–H and O–H groups in total. The van der Waals surface area contributed by atoms with E-state index in [0.29, 0.717) is 34.2 Å².